The van der Waals surface area contributed by atoms with E-state index in [9.17, 15) is 9.90 Å². The Balaban J connectivity index is 0.00000289. The number of fused-ring (bicyclic) bond motifs is 1. The first-order chi connectivity index (χ1) is 15.0. The Hall–Kier alpha value is -2.68. The highest BCUT2D eigenvalue weighted by Gasteiger charge is 2.22. The molecule has 8 nitrogen and oxygen atoms in total. The quantitative estimate of drug-likeness (QED) is 0.579. The second-order valence-electron chi connectivity index (χ2n) is 8.17. The molecule has 1 fully saturated rings. The Kier molecular flexibility index (Phi) is 8.06. The molecule has 9 heteroatoms. The highest BCUT2D eigenvalue weighted by atomic mass is 35.5. The van der Waals surface area contributed by atoms with E-state index in [0.717, 1.165) is 37.6 Å². The molecule has 0 bridgehead atoms. The molecule has 1 unspecified atom stereocenters. The van der Waals surface area contributed by atoms with E-state index in [1.54, 1.807) is 18.2 Å². The van der Waals surface area contributed by atoms with Crippen molar-refractivity contribution in [1.29, 1.82) is 0 Å². The number of aliphatic hydroxyl groups is 1. The van der Waals surface area contributed by atoms with Gasteiger partial charge in [-0.05, 0) is 38.1 Å². The Morgan fingerprint density at radius 2 is 1.69 bits per heavy atom. The molecule has 1 aromatic heterocycles. The number of hydrogen-bond donors (Lipinski definition) is 1. The van der Waals surface area contributed by atoms with Gasteiger partial charge in [0, 0.05) is 32.7 Å². The number of anilines is 1. The highest BCUT2D eigenvalue weighted by molar-refractivity contribution is 5.85. The molecule has 172 valence electrons. The summed E-state index contributed by atoms with van der Waals surface area (Å²) in [7, 11) is 0. The number of benzene rings is 2. The third-order valence-corrected chi connectivity index (χ3v) is 5.42. The lowest BCUT2D eigenvalue weighted by atomic mass is 10.2. The van der Waals surface area contributed by atoms with Gasteiger partial charge in [-0.2, -0.15) is 0 Å². The maximum absolute atomic E-state index is 12.6. The summed E-state index contributed by atoms with van der Waals surface area (Å²) in [6.07, 6.45) is -0.574. The van der Waals surface area contributed by atoms with Gasteiger partial charge in [-0.25, -0.2) is 4.68 Å². The number of ether oxygens (including phenoxy) is 1. The van der Waals surface area contributed by atoms with E-state index >= 15 is 0 Å². The maximum atomic E-state index is 12.6. The van der Waals surface area contributed by atoms with E-state index < -0.39 is 6.10 Å². The summed E-state index contributed by atoms with van der Waals surface area (Å²) in [5.74, 6) is 0.903. The van der Waals surface area contributed by atoms with Crippen LogP contribution in [-0.4, -0.2) is 69.9 Å². The first-order valence-corrected chi connectivity index (χ1v) is 10.7. The Bertz CT molecular complexity index is 1080. The summed E-state index contributed by atoms with van der Waals surface area (Å²) in [6, 6.07) is 15.2. The number of halogens is 1. The molecule has 1 aliphatic heterocycles. The molecule has 4 rings (SSSR count). The molecule has 32 heavy (non-hydrogen) atoms. The van der Waals surface area contributed by atoms with Gasteiger partial charge in [-0.15, -0.1) is 17.5 Å². The van der Waals surface area contributed by atoms with Crippen LogP contribution in [0.5, 0.6) is 5.75 Å². The standard InChI is InChI=1S/C23H29N5O3.ClH/c1-17(2)31-22-10-6-5-9-21(22)27-13-11-26(12-14-27)15-18(29)16-28-23(30)19-7-3-4-8-20(19)24-25-28;/h3-10,17-18,29H,11-16H2,1-2H3;1H. The monoisotopic (exact) mass is 459 g/mol. The van der Waals surface area contributed by atoms with E-state index in [-0.39, 0.29) is 30.6 Å². The Labute approximate surface area is 193 Å². The van der Waals surface area contributed by atoms with E-state index in [1.165, 1.54) is 4.68 Å². The van der Waals surface area contributed by atoms with Gasteiger partial charge in [0.25, 0.3) is 5.56 Å². The number of nitrogens with zero attached hydrogens (tertiary/aromatic N) is 5. The predicted octanol–water partition coefficient (Wildman–Crippen LogP) is 2.18. The third kappa shape index (κ3) is 5.56. The molecule has 1 aliphatic rings. The van der Waals surface area contributed by atoms with Gasteiger partial charge >= 0.3 is 0 Å². The van der Waals surface area contributed by atoms with Crippen molar-refractivity contribution < 1.29 is 9.84 Å². The van der Waals surface area contributed by atoms with Gasteiger partial charge in [0.05, 0.1) is 29.8 Å². The Morgan fingerprint density at radius 1 is 1.00 bits per heavy atom. The number of para-hydroxylation sites is 2. The molecule has 2 aromatic carbocycles. The minimum absolute atomic E-state index is 0. The Morgan fingerprint density at radius 3 is 2.44 bits per heavy atom. The normalized spacial score (nSPS) is 15.6. The topological polar surface area (TPSA) is 83.7 Å². The second kappa shape index (κ2) is 10.8. The average molecular weight is 460 g/mol. The summed E-state index contributed by atoms with van der Waals surface area (Å²) in [6.45, 7) is 8.02. The van der Waals surface area contributed by atoms with Crippen LogP contribution in [0, 0.1) is 0 Å². The number of aliphatic hydroxyl groups excluding tert-OH is 1. The fraction of sp³-hybridized carbons (Fsp3) is 0.435. The molecule has 0 saturated carbocycles. The molecule has 0 aliphatic carbocycles. The number of rotatable bonds is 7. The van der Waals surface area contributed by atoms with Crippen LogP contribution in [-0.2, 0) is 6.54 Å². The van der Waals surface area contributed by atoms with Crippen LogP contribution < -0.4 is 15.2 Å². The molecule has 0 spiro atoms. The summed E-state index contributed by atoms with van der Waals surface area (Å²) < 4.78 is 7.21. The van der Waals surface area contributed by atoms with E-state index in [0.29, 0.717) is 17.4 Å². The van der Waals surface area contributed by atoms with Crippen LogP contribution in [0.4, 0.5) is 5.69 Å². The van der Waals surface area contributed by atoms with E-state index in [1.807, 2.05) is 38.1 Å². The zero-order chi connectivity index (χ0) is 21.8. The zero-order valence-corrected chi connectivity index (χ0v) is 19.2. The van der Waals surface area contributed by atoms with Gasteiger partial charge in [0.1, 0.15) is 11.3 Å². The molecule has 2 heterocycles. The third-order valence-electron chi connectivity index (χ3n) is 5.42. The minimum Gasteiger partial charge on any atom is -0.489 e. The lowest BCUT2D eigenvalue weighted by Crippen LogP contribution is -2.49. The smallest absolute Gasteiger partial charge is 0.277 e. The number of hydrogen-bond acceptors (Lipinski definition) is 7. The average Bonchev–Trinajstić information content (AvgIpc) is 2.76. The number of piperazine rings is 1. The van der Waals surface area contributed by atoms with Crippen LogP contribution in [0.3, 0.4) is 0 Å². The number of β-amino-alcohol motifs (C(OH)–C–C–N with tert-alkyl or cyclic N) is 1. The minimum atomic E-state index is -0.698. The summed E-state index contributed by atoms with van der Waals surface area (Å²) >= 11 is 0. The molecule has 1 N–H and O–H groups in total. The van der Waals surface area contributed by atoms with Gasteiger partial charge < -0.3 is 14.7 Å². The van der Waals surface area contributed by atoms with Crippen molar-refractivity contribution in [3.8, 4) is 5.75 Å². The fourth-order valence-electron chi connectivity index (χ4n) is 3.94. The molecule has 1 saturated heterocycles. The maximum Gasteiger partial charge on any atom is 0.277 e. The summed E-state index contributed by atoms with van der Waals surface area (Å²) in [5, 5.41) is 19.2. The van der Waals surface area contributed by atoms with Crippen LogP contribution >= 0.6 is 12.4 Å². The van der Waals surface area contributed by atoms with E-state index in [4.69, 9.17) is 4.74 Å². The van der Waals surface area contributed by atoms with Crippen molar-refractivity contribution in [3.05, 3.63) is 58.9 Å². The largest absolute Gasteiger partial charge is 0.489 e. The summed E-state index contributed by atoms with van der Waals surface area (Å²) in [4.78, 5) is 17.1. The molecule has 1 atom stereocenters. The molecule has 0 amide bonds. The van der Waals surface area contributed by atoms with Gasteiger partial charge in [-0.1, -0.05) is 29.5 Å². The van der Waals surface area contributed by atoms with Crippen molar-refractivity contribution in [3.63, 3.8) is 0 Å². The van der Waals surface area contributed by atoms with Crippen LogP contribution in [0.2, 0.25) is 0 Å². The van der Waals surface area contributed by atoms with Crippen molar-refractivity contribution >= 4 is 29.0 Å². The zero-order valence-electron chi connectivity index (χ0n) is 18.4. The van der Waals surface area contributed by atoms with Crippen LogP contribution in [0.1, 0.15) is 13.8 Å². The van der Waals surface area contributed by atoms with Crippen LogP contribution in [0.15, 0.2) is 53.3 Å². The van der Waals surface area contributed by atoms with Gasteiger partial charge in [-0.3, -0.25) is 9.69 Å². The van der Waals surface area contributed by atoms with Crippen molar-refractivity contribution in [2.75, 3.05) is 37.6 Å². The molecular weight excluding hydrogens is 430 g/mol. The lowest BCUT2D eigenvalue weighted by molar-refractivity contribution is 0.0900. The van der Waals surface area contributed by atoms with Gasteiger partial charge in [0.15, 0.2) is 0 Å². The van der Waals surface area contributed by atoms with Gasteiger partial charge in [0.2, 0.25) is 0 Å². The first-order valence-electron chi connectivity index (χ1n) is 10.7. The molecular formula is C23H30ClN5O3. The SMILES string of the molecule is CC(C)Oc1ccccc1N1CCN(CC(O)Cn2nnc3ccccc3c2=O)CC1.Cl. The molecule has 0 radical (unpaired) electrons. The summed E-state index contributed by atoms with van der Waals surface area (Å²) in [5.41, 5.74) is 1.45. The predicted molar refractivity (Wildman–Crippen MR) is 128 cm³/mol. The lowest BCUT2D eigenvalue weighted by Gasteiger charge is -2.37. The fourth-order valence-corrected chi connectivity index (χ4v) is 3.94. The first kappa shape index (κ1) is 24.0. The second-order valence-corrected chi connectivity index (χ2v) is 8.17. The van der Waals surface area contributed by atoms with Crippen LogP contribution in [0.25, 0.3) is 10.9 Å². The van der Waals surface area contributed by atoms with E-state index in [2.05, 4.69) is 26.2 Å². The van der Waals surface area contributed by atoms with Crippen molar-refractivity contribution in [2.24, 2.45) is 0 Å². The van der Waals surface area contributed by atoms with Crippen molar-refractivity contribution in [1.82, 2.24) is 19.9 Å². The highest BCUT2D eigenvalue weighted by Crippen LogP contribution is 2.29. The van der Waals surface area contributed by atoms with Crippen molar-refractivity contribution in [2.45, 2.75) is 32.6 Å². The number of aromatic nitrogens is 3. The molecule has 3 aromatic rings.